The second kappa shape index (κ2) is 11.0. The molecule has 0 aliphatic rings. The molecular formula is C16H11NO6. The maximum atomic E-state index is 10.4. The number of carboxylic acid groups (broad SMARTS) is 2. The van der Waals surface area contributed by atoms with Gasteiger partial charge in [-0.15, -0.1) is 0 Å². The van der Waals surface area contributed by atoms with Crippen LogP contribution in [0.15, 0.2) is 54.6 Å². The second-order valence-electron chi connectivity index (χ2n) is 3.72. The van der Waals surface area contributed by atoms with Gasteiger partial charge in [0.05, 0.1) is 12.1 Å². The van der Waals surface area contributed by atoms with Crippen molar-refractivity contribution in [3.8, 4) is 0 Å². The zero-order chi connectivity index (χ0) is 17.7. The van der Waals surface area contributed by atoms with Crippen LogP contribution in [0, 0.1) is 6.57 Å². The highest BCUT2D eigenvalue weighted by Gasteiger charge is 2.01. The Hall–Kier alpha value is -3.75. The maximum absolute atomic E-state index is 10.4. The fraction of sp³-hybridized carbons (Fsp3) is 0. The van der Waals surface area contributed by atoms with E-state index >= 15 is 0 Å². The topological polar surface area (TPSA) is 113 Å². The van der Waals surface area contributed by atoms with E-state index in [1.165, 1.54) is 12.1 Å². The number of carbonyl (C=O) groups is 2. The Kier molecular flexibility index (Phi) is 9.18. The van der Waals surface area contributed by atoms with Crippen molar-refractivity contribution in [1.82, 2.24) is 0 Å². The molecule has 0 aliphatic carbocycles. The van der Waals surface area contributed by atoms with Crippen LogP contribution in [0.25, 0.3) is 4.85 Å². The van der Waals surface area contributed by atoms with Gasteiger partial charge in [-0.1, -0.05) is 36.4 Å². The number of aromatic carboxylic acids is 2. The van der Waals surface area contributed by atoms with Crippen molar-refractivity contribution in [2.45, 2.75) is 0 Å². The lowest BCUT2D eigenvalue weighted by molar-refractivity contribution is -0.191. The SMILES string of the molecule is O=C(O)c1ccccc1.O=C=O.[C-]#[N+]c1cccc(C(=O)O)c1. The average molecular weight is 313 g/mol. The van der Waals surface area contributed by atoms with E-state index in [-0.39, 0.29) is 11.7 Å². The average Bonchev–Trinajstić information content (AvgIpc) is 2.57. The summed E-state index contributed by atoms with van der Waals surface area (Å²) < 4.78 is 0. The van der Waals surface area contributed by atoms with E-state index in [1.807, 2.05) is 0 Å². The number of hydrogen-bond acceptors (Lipinski definition) is 4. The highest BCUT2D eigenvalue weighted by Crippen LogP contribution is 2.13. The van der Waals surface area contributed by atoms with Crippen LogP contribution in [-0.2, 0) is 9.59 Å². The predicted molar refractivity (Wildman–Crippen MR) is 78.1 cm³/mol. The molecule has 116 valence electrons. The summed E-state index contributed by atoms with van der Waals surface area (Å²) in [6.07, 6.45) is 0.250. The molecule has 0 heterocycles. The van der Waals surface area contributed by atoms with Gasteiger partial charge in [-0.3, -0.25) is 0 Å². The van der Waals surface area contributed by atoms with Crippen LogP contribution in [-0.4, -0.2) is 28.3 Å². The van der Waals surface area contributed by atoms with E-state index in [2.05, 4.69) is 4.85 Å². The molecule has 0 saturated carbocycles. The minimum Gasteiger partial charge on any atom is -0.478 e. The van der Waals surface area contributed by atoms with Gasteiger partial charge in [0.2, 0.25) is 0 Å². The van der Waals surface area contributed by atoms with Crippen molar-refractivity contribution in [1.29, 1.82) is 0 Å². The third kappa shape index (κ3) is 8.19. The first-order valence-corrected chi connectivity index (χ1v) is 5.94. The quantitative estimate of drug-likeness (QED) is 0.824. The molecule has 0 atom stereocenters. The molecular weight excluding hydrogens is 302 g/mol. The van der Waals surface area contributed by atoms with Gasteiger partial charge in [0.1, 0.15) is 0 Å². The van der Waals surface area contributed by atoms with Gasteiger partial charge in [0.15, 0.2) is 5.69 Å². The molecule has 0 radical (unpaired) electrons. The molecule has 0 saturated heterocycles. The van der Waals surface area contributed by atoms with Crippen molar-refractivity contribution in [3.05, 3.63) is 77.1 Å². The van der Waals surface area contributed by atoms with E-state index in [4.69, 9.17) is 26.4 Å². The van der Waals surface area contributed by atoms with Crippen LogP contribution < -0.4 is 0 Å². The lowest BCUT2D eigenvalue weighted by Crippen LogP contribution is -1.93. The van der Waals surface area contributed by atoms with Gasteiger partial charge < -0.3 is 10.2 Å². The molecule has 23 heavy (non-hydrogen) atoms. The van der Waals surface area contributed by atoms with Crippen LogP contribution in [0.1, 0.15) is 20.7 Å². The molecule has 2 rings (SSSR count). The van der Waals surface area contributed by atoms with Crippen LogP contribution >= 0.6 is 0 Å². The van der Waals surface area contributed by atoms with Gasteiger partial charge in [0, 0.05) is 5.56 Å². The first-order valence-electron chi connectivity index (χ1n) is 5.94. The molecule has 7 heteroatoms. The summed E-state index contributed by atoms with van der Waals surface area (Å²) in [6.45, 7) is 6.61. The van der Waals surface area contributed by atoms with Gasteiger partial charge >= 0.3 is 18.1 Å². The number of nitrogens with zero attached hydrogens (tertiary/aromatic N) is 1. The summed E-state index contributed by atoms with van der Waals surface area (Å²) in [6, 6.07) is 14.2. The number of rotatable bonds is 2. The standard InChI is InChI=1S/C8H5NO2.C7H6O2.CO2/c1-9-7-4-2-3-6(5-7)8(10)11;8-7(9)6-4-2-1-3-5-6;2-1-3/h2-5H,(H,10,11);1-5H,(H,8,9);. The third-order valence-electron chi connectivity index (χ3n) is 2.24. The summed E-state index contributed by atoms with van der Waals surface area (Å²) in [5.74, 6) is -1.88. The van der Waals surface area contributed by atoms with E-state index in [0.29, 0.717) is 11.3 Å². The molecule has 0 fully saturated rings. The number of carboxylic acids is 2. The molecule has 2 aromatic carbocycles. The van der Waals surface area contributed by atoms with Gasteiger partial charge in [-0.05, 0) is 18.2 Å². The zero-order valence-corrected chi connectivity index (χ0v) is 11.7. The maximum Gasteiger partial charge on any atom is 0.373 e. The highest BCUT2D eigenvalue weighted by molar-refractivity contribution is 5.88. The smallest absolute Gasteiger partial charge is 0.373 e. The lowest BCUT2D eigenvalue weighted by atomic mass is 10.2. The van der Waals surface area contributed by atoms with Gasteiger partial charge in [0.25, 0.3) is 0 Å². The van der Waals surface area contributed by atoms with Gasteiger partial charge in [-0.2, -0.15) is 9.59 Å². The minimum absolute atomic E-state index is 0.151. The largest absolute Gasteiger partial charge is 0.478 e. The molecule has 0 aliphatic heterocycles. The molecule has 0 bridgehead atoms. The zero-order valence-electron chi connectivity index (χ0n) is 11.7. The monoisotopic (exact) mass is 313 g/mol. The number of carbonyl (C=O) groups excluding carboxylic acids is 2. The Morgan fingerprint density at radius 3 is 1.74 bits per heavy atom. The van der Waals surface area contributed by atoms with Crippen molar-refractivity contribution in [2.24, 2.45) is 0 Å². The number of benzene rings is 2. The van der Waals surface area contributed by atoms with Gasteiger partial charge in [-0.25, -0.2) is 14.4 Å². The summed E-state index contributed by atoms with van der Waals surface area (Å²) in [7, 11) is 0. The van der Waals surface area contributed by atoms with Crippen molar-refractivity contribution < 1.29 is 29.4 Å². The lowest BCUT2D eigenvalue weighted by Gasteiger charge is -1.92. The highest BCUT2D eigenvalue weighted by atomic mass is 16.4. The fourth-order valence-electron chi connectivity index (χ4n) is 1.29. The molecule has 2 N–H and O–H groups in total. The Bertz CT molecular complexity index is 728. The van der Waals surface area contributed by atoms with Crippen LogP contribution in [0.4, 0.5) is 5.69 Å². The molecule has 0 amide bonds. The fourth-order valence-corrected chi connectivity index (χ4v) is 1.29. The molecule has 0 spiro atoms. The summed E-state index contributed by atoms with van der Waals surface area (Å²) in [5, 5.41) is 16.9. The van der Waals surface area contributed by atoms with Crippen LogP contribution in [0.3, 0.4) is 0 Å². The van der Waals surface area contributed by atoms with E-state index in [0.717, 1.165) is 0 Å². The summed E-state index contributed by atoms with van der Waals surface area (Å²) >= 11 is 0. The van der Waals surface area contributed by atoms with Crippen LogP contribution in [0.2, 0.25) is 0 Å². The first-order chi connectivity index (χ1) is 11.0. The normalized spacial score (nSPS) is 7.96. The molecule has 0 aromatic heterocycles. The van der Waals surface area contributed by atoms with E-state index in [1.54, 1.807) is 42.5 Å². The first kappa shape index (κ1) is 19.2. The van der Waals surface area contributed by atoms with E-state index < -0.39 is 11.9 Å². The summed E-state index contributed by atoms with van der Waals surface area (Å²) in [5.41, 5.74) is 0.834. The Balaban J connectivity index is 0.000000365. The Morgan fingerprint density at radius 1 is 0.870 bits per heavy atom. The number of hydrogen-bond donors (Lipinski definition) is 2. The van der Waals surface area contributed by atoms with Crippen molar-refractivity contribution in [3.63, 3.8) is 0 Å². The van der Waals surface area contributed by atoms with Crippen molar-refractivity contribution >= 4 is 23.8 Å². The van der Waals surface area contributed by atoms with Crippen molar-refractivity contribution in [2.75, 3.05) is 0 Å². The Labute approximate surface area is 131 Å². The molecule has 7 nitrogen and oxygen atoms in total. The molecule has 0 unspecified atom stereocenters. The minimum atomic E-state index is -1.00. The predicted octanol–water partition coefficient (Wildman–Crippen LogP) is 2.74. The molecule has 2 aromatic rings. The van der Waals surface area contributed by atoms with E-state index in [9.17, 15) is 9.59 Å². The third-order valence-corrected chi connectivity index (χ3v) is 2.24. The second-order valence-corrected chi connectivity index (χ2v) is 3.72. The summed E-state index contributed by atoms with van der Waals surface area (Å²) in [4.78, 5) is 39.9. The Morgan fingerprint density at radius 2 is 1.35 bits per heavy atom. The van der Waals surface area contributed by atoms with Crippen LogP contribution in [0.5, 0.6) is 0 Å².